The zero-order valence-electron chi connectivity index (χ0n) is 10.5. The van der Waals surface area contributed by atoms with E-state index in [4.69, 9.17) is 10.5 Å². The second-order valence-electron chi connectivity index (χ2n) is 4.63. The number of benzene rings is 1. The third-order valence-electron chi connectivity index (χ3n) is 3.02. The molecule has 106 valence electrons. The van der Waals surface area contributed by atoms with E-state index >= 15 is 0 Å². The molecule has 0 amide bonds. The molecule has 0 saturated carbocycles. The van der Waals surface area contributed by atoms with Gasteiger partial charge in [-0.25, -0.2) is 13.1 Å². The number of hydrogen-bond acceptors (Lipinski definition) is 5. The monoisotopic (exact) mass is 286 g/mol. The molecule has 2 rings (SSSR count). The molecule has 1 heterocycles. The predicted molar refractivity (Wildman–Crippen MR) is 72.1 cm³/mol. The fraction of sp³-hybridized carbons (Fsp3) is 0.500. The summed E-state index contributed by atoms with van der Waals surface area (Å²) in [6.07, 6.45) is 1.44. The number of ether oxygens (including phenoxy) is 1. The minimum Gasteiger partial charge on any atom is -0.508 e. The van der Waals surface area contributed by atoms with E-state index in [-0.39, 0.29) is 24.2 Å². The van der Waals surface area contributed by atoms with Crippen LogP contribution in [0.3, 0.4) is 0 Å². The van der Waals surface area contributed by atoms with Gasteiger partial charge in [-0.1, -0.05) is 0 Å². The number of nitrogen functional groups attached to an aromatic ring is 1. The fourth-order valence-corrected chi connectivity index (χ4v) is 3.26. The Morgan fingerprint density at radius 3 is 2.95 bits per heavy atom. The lowest BCUT2D eigenvalue weighted by Gasteiger charge is -2.12. The Bertz CT molecular complexity index is 539. The molecule has 7 heteroatoms. The quantitative estimate of drug-likeness (QED) is 0.542. The van der Waals surface area contributed by atoms with Crippen molar-refractivity contribution in [2.24, 2.45) is 0 Å². The van der Waals surface area contributed by atoms with E-state index in [2.05, 4.69) is 4.72 Å². The van der Waals surface area contributed by atoms with Crippen LogP contribution in [0, 0.1) is 0 Å². The van der Waals surface area contributed by atoms with Crippen LogP contribution in [0.1, 0.15) is 18.4 Å². The van der Waals surface area contributed by atoms with Crippen LogP contribution >= 0.6 is 0 Å². The SMILES string of the molecule is Nc1ccc(O)c(CNS(=O)(=O)CC2CCCO2)c1. The molecule has 1 aromatic rings. The minimum atomic E-state index is -3.42. The fourth-order valence-electron chi connectivity index (χ4n) is 2.01. The van der Waals surface area contributed by atoms with E-state index in [0.717, 1.165) is 12.8 Å². The number of phenols is 1. The Labute approximate surface area is 112 Å². The van der Waals surface area contributed by atoms with Crippen molar-refractivity contribution in [3.63, 3.8) is 0 Å². The first-order chi connectivity index (χ1) is 8.96. The van der Waals surface area contributed by atoms with E-state index in [1.807, 2.05) is 0 Å². The molecule has 19 heavy (non-hydrogen) atoms. The highest BCUT2D eigenvalue weighted by Gasteiger charge is 2.23. The maximum absolute atomic E-state index is 11.9. The van der Waals surface area contributed by atoms with Crippen molar-refractivity contribution in [2.75, 3.05) is 18.1 Å². The van der Waals surface area contributed by atoms with Crippen LogP contribution in [0.5, 0.6) is 5.75 Å². The van der Waals surface area contributed by atoms with E-state index in [0.29, 0.717) is 17.9 Å². The normalized spacial score (nSPS) is 19.7. The number of phenolic OH excluding ortho intramolecular Hbond substituents is 1. The predicted octanol–water partition coefficient (Wildman–Crippen LogP) is 0.573. The molecule has 1 aromatic carbocycles. The van der Waals surface area contributed by atoms with Crippen LogP contribution in [0.25, 0.3) is 0 Å². The smallest absolute Gasteiger partial charge is 0.214 e. The van der Waals surface area contributed by atoms with Crippen molar-refractivity contribution < 1.29 is 18.3 Å². The van der Waals surface area contributed by atoms with Gasteiger partial charge in [0.1, 0.15) is 5.75 Å². The van der Waals surface area contributed by atoms with Gasteiger partial charge in [-0.2, -0.15) is 0 Å². The van der Waals surface area contributed by atoms with E-state index in [1.165, 1.54) is 6.07 Å². The third kappa shape index (κ3) is 4.09. The zero-order chi connectivity index (χ0) is 13.9. The van der Waals surface area contributed by atoms with Gasteiger partial charge in [-0.05, 0) is 31.0 Å². The van der Waals surface area contributed by atoms with Crippen molar-refractivity contribution in [2.45, 2.75) is 25.5 Å². The molecule has 6 nitrogen and oxygen atoms in total. The topological polar surface area (TPSA) is 102 Å². The number of sulfonamides is 1. The standard InChI is InChI=1S/C12H18N2O4S/c13-10-3-4-12(15)9(6-10)7-14-19(16,17)8-11-2-1-5-18-11/h3-4,6,11,14-15H,1-2,5,7-8,13H2. The molecule has 0 bridgehead atoms. The molecular weight excluding hydrogens is 268 g/mol. The first kappa shape index (κ1) is 14.1. The lowest BCUT2D eigenvalue weighted by atomic mass is 10.2. The highest BCUT2D eigenvalue weighted by molar-refractivity contribution is 7.89. The lowest BCUT2D eigenvalue weighted by molar-refractivity contribution is 0.127. The van der Waals surface area contributed by atoms with Crippen LogP contribution in [0.2, 0.25) is 0 Å². The summed E-state index contributed by atoms with van der Waals surface area (Å²) in [6, 6.07) is 4.54. The molecule has 1 unspecified atom stereocenters. The molecular formula is C12H18N2O4S. The minimum absolute atomic E-state index is 0.0198. The van der Waals surface area contributed by atoms with Crippen molar-refractivity contribution in [1.82, 2.24) is 4.72 Å². The highest BCUT2D eigenvalue weighted by atomic mass is 32.2. The van der Waals surface area contributed by atoms with E-state index in [1.54, 1.807) is 12.1 Å². The van der Waals surface area contributed by atoms with Crippen molar-refractivity contribution in [1.29, 1.82) is 0 Å². The first-order valence-electron chi connectivity index (χ1n) is 6.12. The summed E-state index contributed by atoms with van der Waals surface area (Å²) in [4.78, 5) is 0. The zero-order valence-corrected chi connectivity index (χ0v) is 11.3. The molecule has 1 aliphatic heterocycles. The Kier molecular flexibility index (Phi) is 4.28. The van der Waals surface area contributed by atoms with Gasteiger partial charge in [0.05, 0.1) is 11.9 Å². The third-order valence-corrected chi connectivity index (χ3v) is 4.41. The average Bonchev–Trinajstić information content (AvgIpc) is 2.82. The van der Waals surface area contributed by atoms with Gasteiger partial charge in [-0.15, -0.1) is 0 Å². The largest absolute Gasteiger partial charge is 0.508 e. The van der Waals surface area contributed by atoms with E-state index in [9.17, 15) is 13.5 Å². The van der Waals surface area contributed by atoms with Crippen LogP contribution < -0.4 is 10.5 Å². The molecule has 0 spiro atoms. The van der Waals surface area contributed by atoms with Gasteiger partial charge in [0, 0.05) is 24.4 Å². The van der Waals surface area contributed by atoms with Crippen molar-refractivity contribution >= 4 is 15.7 Å². The molecule has 1 saturated heterocycles. The Morgan fingerprint density at radius 1 is 1.47 bits per heavy atom. The Hall–Kier alpha value is -1.31. The highest BCUT2D eigenvalue weighted by Crippen LogP contribution is 2.20. The first-order valence-corrected chi connectivity index (χ1v) is 7.78. The van der Waals surface area contributed by atoms with Crippen molar-refractivity contribution in [3.05, 3.63) is 23.8 Å². The lowest BCUT2D eigenvalue weighted by Crippen LogP contribution is -2.31. The summed E-state index contributed by atoms with van der Waals surface area (Å²) < 4.78 is 31.4. The maximum atomic E-state index is 11.9. The average molecular weight is 286 g/mol. The number of hydrogen-bond donors (Lipinski definition) is 3. The van der Waals surface area contributed by atoms with Gasteiger partial charge < -0.3 is 15.6 Å². The van der Waals surface area contributed by atoms with Gasteiger partial charge >= 0.3 is 0 Å². The van der Waals surface area contributed by atoms with Gasteiger partial charge in [0.15, 0.2) is 0 Å². The molecule has 0 aliphatic carbocycles. The second kappa shape index (κ2) is 5.77. The van der Waals surface area contributed by atoms with Crippen molar-refractivity contribution in [3.8, 4) is 5.75 Å². The van der Waals surface area contributed by atoms with Crippen LogP contribution in [-0.4, -0.2) is 32.0 Å². The molecule has 4 N–H and O–H groups in total. The molecule has 0 aromatic heterocycles. The Balaban J connectivity index is 1.95. The summed E-state index contributed by atoms with van der Waals surface area (Å²) in [6.45, 7) is 0.641. The molecule has 1 fully saturated rings. The Morgan fingerprint density at radius 2 is 2.26 bits per heavy atom. The summed E-state index contributed by atoms with van der Waals surface area (Å²) in [5, 5.41) is 9.60. The van der Waals surface area contributed by atoms with Gasteiger partial charge in [0.25, 0.3) is 0 Å². The summed E-state index contributed by atoms with van der Waals surface area (Å²) in [5.41, 5.74) is 6.52. The number of anilines is 1. The molecule has 1 atom stereocenters. The maximum Gasteiger partial charge on any atom is 0.214 e. The number of aromatic hydroxyl groups is 1. The van der Waals surface area contributed by atoms with Crippen LogP contribution in [0.4, 0.5) is 5.69 Å². The molecule has 0 radical (unpaired) electrons. The summed E-state index contributed by atoms with van der Waals surface area (Å²) >= 11 is 0. The van der Waals surface area contributed by atoms with Crippen LogP contribution in [-0.2, 0) is 21.3 Å². The van der Waals surface area contributed by atoms with Crippen LogP contribution in [0.15, 0.2) is 18.2 Å². The second-order valence-corrected chi connectivity index (χ2v) is 6.48. The van der Waals surface area contributed by atoms with Gasteiger partial charge in [-0.3, -0.25) is 0 Å². The number of rotatable bonds is 5. The molecule has 1 aliphatic rings. The summed E-state index contributed by atoms with van der Waals surface area (Å²) in [7, 11) is -3.42. The number of nitrogens with one attached hydrogen (secondary N) is 1. The number of nitrogens with two attached hydrogens (primary N) is 1. The van der Waals surface area contributed by atoms with Gasteiger partial charge in [0.2, 0.25) is 10.0 Å². The summed E-state index contributed by atoms with van der Waals surface area (Å²) in [5.74, 6) is -0.0233. The van der Waals surface area contributed by atoms with E-state index < -0.39 is 10.0 Å².